The van der Waals surface area contributed by atoms with Gasteiger partial charge in [0.25, 0.3) is 6.43 Å². The number of rotatable bonds is 4. The summed E-state index contributed by atoms with van der Waals surface area (Å²) >= 11 is 0. The van der Waals surface area contributed by atoms with E-state index in [0.29, 0.717) is 17.9 Å². The quantitative estimate of drug-likeness (QED) is 0.793. The Balaban J connectivity index is 1.65. The third kappa shape index (κ3) is 2.70. The van der Waals surface area contributed by atoms with Gasteiger partial charge in [-0.25, -0.2) is 18.7 Å². The molecule has 0 atom stereocenters. The van der Waals surface area contributed by atoms with E-state index < -0.39 is 12.2 Å². The first kappa shape index (κ1) is 15.0. The minimum absolute atomic E-state index is 0.437. The number of aromatic nitrogens is 4. The lowest BCUT2D eigenvalue weighted by atomic mass is 10.1. The molecule has 0 amide bonds. The molecule has 2 aromatic heterocycles. The lowest BCUT2D eigenvalue weighted by Gasteiger charge is -2.15. The van der Waals surface area contributed by atoms with Gasteiger partial charge in [-0.3, -0.25) is 4.68 Å². The van der Waals surface area contributed by atoms with Crippen LogP contribution in [0.4, 0.5) is 14.6 Å². The Kier molecular flexibility index (Phi) is 3.84. The molecule has 1 N–H and O–H groups in total. The number of benzene rings is 1. The standard InChI is InChI=1S/C17H17F2N5/c18-15(19)17-22-13-6-2-1-5-12(13)16(23-17)20-9-11-10-21-24-8-4-3-7-14(11)24/h1-2,5-6,10,15H,3-4,7-9H2,(H,20,22,23). The lowest BCUT2D eigenvalue weighted by molar-refractivity contribution is 0.141. The highest BCUT2D eigenvalue weighted by atomic mass is 19.3. The van der Waals surface area contributed by atoms with Gasteiger partial charge >= 0.3 is 0 Å². The fraction of sp³-hybridized carbons (Fsp3) is 0.353. The van der Waals surface area contributed by atoms with Crippen LogP contribution in [0, 0.1) is 0 Å². The third-order valence-electron chi connectivity index (χ3n) is 4.33. The number of halogens is 2. The van der Waals surface area contributed by atoms with Gasteiger partial charge in [0.05, 0.1) is 11.7 Å². The maximum atomic E-state index is 13.0. The van der Waals surface area contributed by atoms with Gasteiger partial charge < -0.3 is 5.32 Å². The van der Waals surface area contributed by atoms with Crippen molar-refractivity contribution < 1.29 is 8.78 Å². The molecule has 3 heterocycles. The number of anilines is 1. The minimum atomic E-state index is -2.70. The van der Waals surface area contributed by atoms with E-state index in [1.54, 1.807) is 12.1 Å². The summed E-state index contributed by atoms with van der Waals surface area (Å²) in [5, 5.41) is 8.34. The van der Waals surface area contributed by atoms with E-state index in [1.165, 1.54) is 5.69 Å². The number of nitrogens with one attached hydrogen (secondary N) is 1. The van der Waals surface area contributed by atoms with Crippen molar-refractivity contribution in [2.45, 2.75) is 38.8 Å². The summed E-state index contributed by atoms with van der Waals surface area (Å²) in [4.78, 5) is 7.95. The molecular weight excluding hydrogens is 312 g/mol. The van der Waals surface area contributed by atoms with Gasteiger partial charge in [-0.2, -0.15) is 5.10 Å². The molecule has 0 spiro atoms. The SMILES string of the molecule is FC(F)c1nc(NCc2cnn3c2CCCC3)c2ccccc2n1. The predicted molar refractivity (Wildman–Crippen MR) is 87.0 cm³/mol. The molecule has 124 valence electrons. The Morgan fingerprint density at radius 2 is 2.04 bits per heavy atom. The second-order valence-electron chi connectivity index (χ2n) is 5.90. The van der Waals surface area contributed by atoms with Crippen LogP contribution in [0.1, 0.15) is 36.3 Å². The molecule has 4 rings (SSSR count). The van der Waals surface area contributed by atoms with E-state index in [1.807, 2.05) is 23.0 Å². The van der Waals surface area contributed by atoms with Gasteiger partial charge in [0.1, 0.15) is 5.82 Å². The summed E-state index contributed by atoms with van der Waals surface area (Å²) in [7, 11) is 0. The Bertz CT molecular complexity index is 875. The maximum absolute atomic E-state index is 13.0. The predicted octanol–water partition coefficient (Wildman–Crippen LogP) is 3.71. The van der Waals surface area contributed by atoms with Gasteiger partial charge in [0, 0.05) is 29.7 Å². The molecule has 0 aliphatic carbocycles. The highest BCUT2D eigenvalue weighted by Crippen LogP contribution is 2.25. The highest BCUT2D eigenvalue weighted by Gasteiger charge is 2.17. The fourth-order valence-electron chi connectivity index (χ4n) is 3.14. The Hall–Kier alpha value is -2.57. The molecule has 3 aromatic rings. The van der Waals surface area contributed by atoms with Gasteiger partial charge in [-0.1, -0.05) is 12.1 Å². The number of hydrogen-bond acceptors (Lipinski definition) is 4. The molecule has 1 aromatic carbocycles. The summed E-state index contributed by atoms with van der Waals surface area (Å²) in [5.41, 5.74) is 2.83. The average Bonchev–Trinajstić information content (AvgIpc) is 3.02. The van der Waals surface area contributed by atoms with Crippen molar-refractivity contribution in [2.75, 3.05) is 5.32 Å². The van der Waals surface area contributed by atoms with E-state index in [-0.39, 0.29) is 0 Å². The van der Waals surface area contributed by atoms with Crippen molar-refractivity contribution in [2.24, 2.45) is 0 Å². The van der Waals surface area contributed by atoms with Crippen LogP contribution in [0.5, 0.6) is 0 Å². The number of hydrogen-bond donors (Lipinski definition) is 1. The first-order valence-electron chi connectivity index (χ1n) is 8.04. The molecule has 1 aliphatic heterocycles. The Morgan fingerprint density at radius 3 is 2.92 bits per heavy atom. The van der Waals surface area contributed by atoms with Crippen LogP contribution in [0.25, 0.3) is 10.9 Å². The number of para-hydroxylation sites is 1. The van der Waals surface area contributed by atoms with E-state index in [4.69, 9.17) is 0 Å². The van der Waals surface area contributed by atoms with Crippen molar-refractivity contribution in [3.8, 4) is 0 Å². The van der Waals surface area contributed by atoms with Crippen LogP contribution in [0.3, 0.4) is 0 Å². The second-order valence-corrected chi connectivity index (χ2v) is 5.90. The normalized spacial score (nSPS) is 14.1. The lowest BCUT2D eigenvalue weighted by Crippen LogP contribution is -2.13. The van der Waals surface area contributed by atoms with Crippen molar-refractivity contribution in [3.63, 3.8) is 0 Å². The van der Waals surface area contributed by atoms with Crippen LogP contribution in [-0.4, -0.2) is 19.7 Å². The monoisotopic (exact) mass is 329 g/mol. The van der Waals surface area contributed by atoms with Crippen LogP contribution in [-0.2, 0) is 19.5 Å². The van der Waals surface area contributed by atoms with E-state index >= 15 is 0 Å². The molecule has 0 saturated heterocycles. The number of fused-ring (bicyclic) bond motifs is 2. The number of alkyl halides is 2. The van der Waals surface area contributed by atoms with E-state index in [0.717, 1.165) is 36.8 Å². The first-order valence-corrected chi connectivity index (χ1v) is 8.04. The largest absolute Gasteiger partial charge is 0.365 e. The van der Waals surface area contributed by atoms with Crippen molar-refractivity contribution >= 4 is 16.7 Å². The summed E-state index contributed by atoms with van der Waals surface area (Å²) in [6.45, 7) is 1.46. The van der Waals surface area contributed by atoms with Crippen LogP contribution in [0.2, 0.25) is 0 Å². The fourth-order valence-corrected chi connectivity index (χ4v) is 3.14. The van der Waals surface area contributed by atoms with Gasteiger partial charge in [0.15, 0.2) is 5.82 Å². The maximum Gasteiger partial charge on any atom is 0.297 e. The zero-order chi connectivity index (χ0) is 16.5. The van der Waals surface area contributed by atoms with Crippen LogP contribution in [0.15, 0.2) is 30.5 Å². The van der Waals surface area contributed by atoms with Crippen molar-refractivity contribution in [1.82, 2.24) is 19.7 Å². The molecule has 0 unspecified atom stereocenters. The summed E-state index contributed by atoms with van der Waals surface area (Å²) in [5.74, 6) is -0.0140. The molecule has 1 aliphatic rings. The highest BCUT2D eigenvalue weighted by molar-refractivity contribution is 5.89. The Labute approximate surface area is 137 Å². The van der Waals surface area contributed by atoms with Crippen LogP contribution >= 0.6 is 0 Å². The molecule has 7 heteroatoms. The molecule has 0 fully saturated rings. The molecule has 24 heavy (non-hydrogen) atoms. The minimum Gasteiger partial charge on any atom is -0.365 e. The van der Waals surface area contributed by atoms with Crippen molar-refractivity contribution in [1.29, 1.82) is 0 Å². The zero-order valence-electron chi connectivity index (χ0n) is 13.0. The smallest absolute Gasteiger partial charge is 0.297 e. The van der Waals surface area contributed by atoms with E-state index in [2.05, 4.69) is 20.4 Å². The first-order chi connectivity index (χ1) is 11.7. The Morgan fingerprint density at radius 1 is 1.17 bits per heavy atom. The summed E-state index contributed by atoms with van der Waals surface area (Å²) < 4.78 is 28.1. The third-order valence-corrected chi connectivity index (χ3v) is 4.33. The van der Waals surface area contributed by atoms with Crippen LogP contribution < -0.4 is 5.32 Å². The molecule has 0 bridgehead atoms. The molecule has 5 nitrogen and oxygen atoms in total. The summed E-state index contributed by atoms with van der Waals surface area (Å²) in [6.07, 6.45) is 2.47. The molecule has 0 saturated carbocycles. The zero-order valence-corrected chi connectivity index (χ0v) is 13.0. The van der Waals surface area contributed by atoms with Gasteiger partial charge in [-0.05, 0) is 31.4 Å². The van der Waals surface area contributed by atoms with E-state index in [9.17, 15) is 8.78 Å². The summed E-state index contributed by atoms with van der Waals surface area (Å²) in [6, 6.07) is 7.18. The molecule has 0 radical (unpaired) electrons. The second kappa shape index (κ2) is 6.14. The van der Waals surface area contributed by atoms with Gasteiger partial charge in [-0.15, -0.1) is 0 Å². The molecular formula is C17H17F2N5. The average molecular weight is 329 g/mol. The number of nitrogens with zero attached hydrogens (tertiary/aromatic N) is 4. The van der Waals surface area contributed by atoms with Gasteiger partial charge in [0.2, 0.25) is 0 Å². The van der Waals surface area contributed by atoms with Crippen molar-refractivity contribution in [3.05, 3.63) is 47.5 Å². The topological polar surface area (TPSA) is 55.6 Å². The number of aryl methyl sites for hydroxylation is 1.